The normalized spacial score (nSPS) is 10.8. The maximum absolute atomic E-state index is 11.7. The van der Waals surface area contributed by atoms with E-state index in [-0.39, 0.29) is 27.4 Å². The van der Waals surface area contributed by atoms with Crippen LogP contribution >= 0.6 is 34.8 Å². The van der Waals surface area contributed by atoms with Crippen molar-refractivity contribution in [2.24, 2.45) is 0 Å². The van der Waals surface area contributed by atoms with E-state index in [0.29, 0.717) is 0 Å². The molecule has 0 aliphatic heterocycles. The van der Waals surface area contributed by atoms with Crippen molar-refractivity contribution in [3.63, 3.8) is 0 Å². The smallest absolute Gasteiger partial charge is 0.408 e. The highest BCUT2D eigenvalue weighted by atomic mass is 35.5. The summed E-state index contributed by atoms with van der Waals surface area (Å²) < 4.78 is 9.95. The number of rotatable bonds is 5. The highest BCUT2D eigenvalue weighted by molar-refractivity contribution is 6.43. The van der Waals surface area contributed by atoms with Crippen molar-refractivity contribution in [2.75, 3.05) is 13.1 Å². The van der Waals surface area contributed by atoms with Crippen molar-refractivity contribution >= 4 is 52.8 Å². The summed E-state index contributed by atoms with van der Waals surface area (Å²) in [6.07, 6.45) is -0.743. The Morgan fingerprint density at radius 1 is 0.960 bits per heavy atom. The van der Waals surface area contributed by atoms with Crippen molar-refractivity contribution in [3.8, 4) is 5.75 Å². The lowest BCUT2D eigenvalue weighted by molar-refractivity contribution is -0.135. The molecule has 0 bridgehead atoms. The number of carbonyl (C=O) groups is 3. The van der Waals surface area contributed by atoms with Gasteiger partial charge in [-0.25, -0.2) is 9.59 Å². The molecule has 7 nitrogen and oxygen atoms in total. The topological polar surface area (TPSA) is 93.7 Å². The van der Waals surface area contributed by atoms with Gasteiger partial charge < -0.3 is 20.1 Å². The third kappa shape index (κ3) is 8.29. The molecule has 138 valence electrons. The van der Waals surface area contributed by atoms with Gasteiger partial charge in [-0.3, -0.25) is 4.79 Å². The van der Waals surface area contributed by atoms with Crippen LogP contribution in [-0.2, 0) is 14.3 Å². The van der Waals surface area contributed by atoms with E-state index in [0.717, 1.165) is 0 Å². The molecule has 0 spiro atoms. The molecule has 0 saturated carbocycles. The first-order chi connectivity index (χ1) is 11.5. The Bertz CT molecular complexity index is 674. The van der Waals surface area contributed by atoms with Gasteiger partial charge in [0.2, 0.25) is 5.91 Å². The molecular weight excluding hydrogens is 395 g/mol. The van der Waals surface area contributed by atoms with Gasteiger partial charge in [0.15, 0.2) is 5.75 Å². The molecule has 25 heavy (non-hydrogen) atoms. The second kappa shape index (κ2) is 9.12. The summed E-state index contributed by atoms with van der Waals surface area (Å²) in [5, 5.41) is 5.02. The van der Waals surface area contributed by atoms with E-state index in [2.05, 4.69) is 10.6 Å². The van der Waals surface area contributed by atoms with Gasteiger partial charge in [-0.1, -0.05) is 34.8 Å². The van der Waals surface area contributed by atoms with Crippen molar-refractivity contribution < 1.29 is 23.9 Å². The maximum atomic E-state index is 11.7. The molecule has 1 aromatic carbocycles. The number of hydrogen-bond acceptors (Lipinski definition) is 5. The van der Waals surface area contributed by atoms with Gasteiger partial charge in [0.25, 0.3) is 0 Å². The number of nitrogens with one attached hydrogen (secondary N) is 2. The summed E-state index contributed by atoms with van der Waals surface area (Å²) >= 11 is 17.5. The van der Waals surface area contributed by atoms with Crippen LogP contribution in [0.2, 0.25) is 15.1 Å². The molecule has 0 unspecified atom stereocenters. The van der Waals surface area contributed by atoms with E-state index < -0.39 is 30.1 Å². The largest absolute Gasteiger partial charge is 0.444 e. The molecule has 0 fully saturated rings. The van der Waals surface area contributed by atoms with Crippen molar-refractivity contribution in [2.45, 2.75) is 26.4 Å². The highest BCUT2D eigenvalue weighted by Crippen LogP contribution is 2.33. The molecular formula is C15H17Cl3N2O5. The van der Waals surface area contributed by atoms with Gasteiger partial charge >= 0.3 is 12.1 Å². The molecule has 0 aromatic heterocycles. The monoisotopic (exact) mass is 410 g/mol. The Morgan fingerprint density at radius 2 is 1.56 bits per heavy atom. The Kier molecular flexibility index (Phi) is 7.79. The third-order valence-corrected chi connectivity index (χ3v) is 3.44. The van der Waals surface area contributed by atoms with Gasteiger partial charge in [-0.15, -0.1) is 0 Å². The summed E-state index contributed by atoms with van der Waals surface area (Å²) in [6, 6.07) is 2.62. The number of ether oxygens (including phenoxy) is 2. The fourth-order valence-electron chi connectivity index (χ4n) is 1.44. The molecule has 0 saturated heterocycles. The fourth-order valence-corrected chi connectivity index (χ4v) is 2.02. The molecule has 10 heteroatoms. The molecule has 0 aliphatic carbocycles. The lowest BCUT2D eigenvalue weighted by atomic mass is 10.2. The van der Waals surface area contributed by atoms with Gasteiger partial charge in [-0.2, -0.15) is 0 Å². The van der Waals surface area contributed by atoms with Crippen LogP contribution < -0.4 is 15.4 Å². The second-order valence-electron chi connectivity index (χ2n) is 5.80. The SMILES string of the molecule is CC(C)(C)OC(=O)NCC(=O)NCC(=O)Oc1cc(Cl)c(Cl)cc1Cl. The minimum Gasteiger partial charge on any atom is -0.444 e. The van der Waals surface area contributed by atoms with Crippen LogP contribution in [0.4, 0.5) is 4.79 Å². The van der Waals surface area contributed by atoms with Crippen LogP contribution in [0.1, 0.15) is 20.8 Å². The molecule has 1 aromatic rings. The molecule has 0 aliphatic rings. The van der Waals surface area contributed by atoms with Crippen LogP contribution in [0.3, 0.4) is 0 Å². The second-order valence-corrected chi connectivity index (χ2v) is 7.02. The highest BCUT2D eigenvalue weighted by Gasteiger charge is 2.17. The first-order valence-electron chi connectivity index (χ1n) is 7.06. The maximum Gasteiger partial charge on any atom is 0.408 e. The predicted octanol–water partition coefficient (Wildman–Crippen LogP) is 3.19. The van der Waals surface area contributed by atoms with E-state index in [1.165, 1.54) is 12.1 Å². The molecule has 0 atom stereocenters. The van der Waals surface area contributed by atoms with Crippen LogP contribution in [0.25, 0.3) is 0 Å². The molecule has 1 rings (SSSR count). The minimum atomic E-state index is -0.772. The van der Waals surface area contributed by atoms with E-state index >= 15 is 0 Å². The summed E-state index contributed by atoms with van der Waals surface area (Å²) in [4.78, 5) is 34.7. The van der Waals surface area contributed by atoms with Gasteiger partial charge in [0.05, 0.1) is 15.1 Å². The van der Waals surface area contributed by atoms with E-state index in [1.807, 2.05) is 0 Å². The van der Waals surface area contributed by atoms with Crippen molar-refractivity contribution in [1.82, 2.24) is 10.6 Å². The third-order valence-electron chi connectivity index (χ3n) is 2.42. The van der Waals surface area contributed by atoms with Gasteiger partial charge in [-0.05, 0) is 26.8 Å². The lowest BCUT2D eigenvalue weighted by Crippen LogP contribution is -2.41. The van der Waals surface area contributed by atoms with Crippen molar-refractivity contribution in [3.05, 3.63) is 27.2 Å². The van der Waals surface area contributed by atoms with Crippen LogP contribution in [-0.4, -0.2) is 36.7 Å². The zero-order chi connectivity index (χ0) is 19.2. The van der Waals surface area contributed by atoms with Gasteiger partial charge in [0.1, 0.15) is 18.7 Å². The Hall–Kier alpha value is -1.70. The number of halogens is 3. The number of hydrogen-bond donors (Lipinski definition) is 2. The Balaban J connectivity index is 2.40. The van der Waals surface area contributed by atoms with E-state index in [9.17, 15) is 14.4 Å². The fraction of sp³-hybridized carbons (Fsp3) is 0.400. The first-order valence-corrected chi connectivity index (χ1v) is 8.20. The average molecular weight is 412 g/mol. The summed E-state index contributed by atoms with van der Waals surface area (Å²) in [7, 11) is 0. The lowest BCUT2D eigenvalue weighted by Gasteiger charge is -2.19. The van der Waals surface area contributed by atoms with E-state index in [1.54, 1.807) is 20.8 Å². The summed E-state index contributed by atoms with van der Waals surface area (Å²) in [5.41, 5.74) is -0.677. The molecule has 2 N–H and O–H groups in total. The van der Waals surface area contributed by atoms with Gasteiger partial charge in [0, 0.05) is 6.07 Å². The zero-order valence-electron chi connectivity index (χ0n) is 13.7. The zero-order valence-corrected chi connectivity index (χ0v) is 16.0. The first kappa shape index (κ1) is 21.3. The Morgan fingerprint density at radius 3 is 2.16 bits per heavy atom. The minimum absolute atomic E-state index is 0.0159. The molecule has 2 amide bonds. The molecule has 0 radical (unpaired) electrons. The van der Waals surface area contributed by atoms with Crippen molar-refractivity contribution in [1.29, 1.82) is 0 Å². The predicted molar refractivity (Wildman–Crippen MR) is 94.4 cm³/mol. The van der Waals surface area contributed by atoms with Crippen LogP contribution in [0.15, 0.2) is 12.1 Å². The number of amides is 2. The number of benzene rings is 1. The van der Waals surface area contributed by atoms with Crippen LogP contribution in [0.5, 0.6) is 5.75 Å². The number of esters is 1. The summed E-state index contributed by atoms with van der Waals surface area (Å²) in [5.74, 6) is -1.35. The summed E-state index contributed by atoms with van der Waals surface area (Å²) in [6.45, 7) is 4.30. The number of alkyl carbamates (subject to hydrolysis) is 1. The van der Waals surface area contributed by atoms with E-state index in [4.69, 9.17) is 44.3 Å². The standard InChI is InChI=1S/C15H17Cl3N2O5/c1-15(2,3)25-14(23)20-6-12(21)19-7-13(22)24-11-5-9(17)8(16)4-10(11)18/h4-5H,6-7H2,1-3H3,(H,19,21)(H,20,23). The molecule has 0 heterocycles. The number of carbonyl (C=O) groups excluding carboxylic acids is 3. The quantitative estimate of drug-likeness (QED) is 0.441. The Labute approximate surface area is 159 Å². The average Bonchev–Trinajstić information content (AvgIpc) is 2.47. The van der Waals surface area contributed by atoms with Crippen LogP contribution in [0, 0.1) is 0 Å².